The minimum atomic E-state index is -2.96. The Kier molecular flexibility index (Phi) is 8.67. The number of rotatable bonds is 8. The molecule has 0 aliphatic carbocycles. The fourth-order valence-corrected chi connectivity index (χ4v) is 3.03. The number of thioether (sulfide) groups is 1. The number of nitrogens with one attached hydrogen (secondary N) is 1. The number of nitrogens with zero attached hydrogens (tertiary/aromatic N) is 1. The lowest BCUT2D eigenvalue weighted by Gasteiger charge is -2.12. The highest BCUT2D eigenvalue weighted by molar-refractivity contribution is 8.13. The maximum absolute atomic E-state index is 12.5. The number of hydrogen-bond donors (Lipinski definition) is 1. The molecule has 0 aliphatic heterocycles. The van der Waals surface area contributed by atoms with Gasteiger partial charge in [0.05, 0.1) is 12.3 Å². The number of benzene rings is 2. The second-order valence-electron chi connectivity index (χ2n) is 6.10. The van der Waals surface area contributed by atoms with Gasteiger partial charge in [-0.2, -0.15) is 8.78 Å². The number of amides is 2. The Hall–Kier alpha value is -3.07. The number of anilines is 1. The van der Waals surface area contributed by atoms with Crippen molar-refractivity contribution in [2.45, 2.75) is 18.4 Å². The van der Waals surface area contributed by atoms with Crippen molar-refractivity contribution >= 4 is 34.7 Å². The third kappa shape index (κ3) is 7.07. The first-order chi connectivity index (χ1) is 14.3. The van der Waals surface area contributed by atoms with Crippen LogP contribution in [0.5, 0.6) is 11.5 Å². The second kappa shape index (κ2) is 11.2. The van der Waals surface area contributed by atoms with E-state index in [0.29, 0.717) is 16.1 Å². The van der Waals surface area contributed by atoms with Gasteiger partial charge in [0, 0.05) is 25.1 Å². The van der Waals surface area contributed by atoms with Crippen LogP contribution in [0.3, 0.4) is 0 Å². The van der Waals surface area contributed by atoms with E-state index in [0.717, 1.165) is 11.8 Å². The SMILES string of the molecule is CCOc1cc(/C=C/C(=O)Nc2ccccc2SC(=O)N(C)C)ccc1OC(F)F. The van der Waals surface area contributed by atoms with Crippen molar-refractivity contribution in [2.24, 2.45) is 0 Å². The summed E-state index contributed by atoms with van der Waals surface area (Å²) in [4.78, 5) is 26.3. The molecule has 6 nitrogen and oxygen atoms in total. The molecule has 0 bridgehead atoms. The molecule has 0 saturated carbocycles. The van der Waals surface area contributed by atoms with Crippen LogP contribution >= 0.6 is 11.8 Å². The minimum Gasteiger partial charge on any atom is -0.490 e. The Morgan fingerprint density at radius 2 is 1.90 bits per heavy atom. The summed E-state index contributed by atoms with van der Waals surface area (Å²) >= 11 is 1.01. The van der Waals surface area contributed by atoms with E-state index in [1.807, 2.05) is 0 Å². The molecule has 0 radical (unpaired) electrons. The quantitative estimate of drug-likeness (QED) is 0.460. The zero-order valence-corrected chi connectivity index (χ0v) is 17.5. The predicted octanol–water partition coefficient (Wildman–Crippen LogP) is 5.11. The molecule has 160 valence electrons. The average molecular weight is 436 g/mol. The first-order valence-electron chi connectivity index (χ1n) is 8.99. The van der Waals surface area contributed by atoms with Crippen LogP contribution in [-0.4, -0.2) is 43.4 Å². The molecule has 30 heavy (non-hydrogen) atoms. The van der Waals surface area contributed by atoms with Gasteiger partial charge in [0.2, 0.25) is 5.91 Å². The number of carbonyl (C=O) groups is 2. The molecule has 2 amide bonds. The Morgan fingerprint density at radius 1 is 1.17 bits per heavy atom. The van der Waals surface area contributed by atoms with Crippen molar-refractivity contribution in [3.8, 4) is 11.5 Å². The predicted molar refractivity (Wildman–Crippen MR) is 113 cm³/mol. The monoisotopic (exact) mass is 436 g/mol. The van der Waals surface area contributed by atoms with Gasteiger partial charge in [0.25, 0.3) is 5.24 Å². The molecule has 1 N–H and O–H groups in total. The minimum absolute atomic E-state index is 0.0787. The summed E-state index contributed by atoms with van der Waals surface area (Å²) in [7, 11) is 3.29. The zero-order valence-electron chi connectivity index (χ0n) is 16.7. The maximum atomic E-state index is 12.5. The highest BCUT2D eigenvalue weighted by atomic mass is 32.2. The molecular weight excluding hydrogens is 414 g/mol. The molecule has 0 spiro atoms. The molecule has 0 unspecified atom stereocenters. The Morgan fingerprint density at radius 3 is 2.57 bits per heavy atom. The van der Waals surface area contributed by atoms with Gasteiger partial charge in [-0.25, -0.2) is 0 Å². The molecule has 2 aromatic rings. The van der Waals surface area contributed by atoms with Gasteiger partial charge in [-0.15, -0.1) is 0 Å². The molecule has 0 aromatic heterocycles. The van der Waals surface area contributed by atoms with Gasteiger partial charge in [0.15, 0.2) is 11.5 Å². The summed E-state index contributed by atoms with van der Waals surface area (Å²) in [6, 6.07) is 11.3. The number of ether oxygens (including phenoxy) is 2. The zero-order chi connectivity index (χ0) is 22.1. The number of carbonyl (C=O) groups excluding carboxylic acids is 2. The van der Waals surface area contributed by atoms with Crippen LogP contribution < -0.4 is 14.8 Å². The average Bonchev–Trinajstić information content (AvgIpc) is 2.69. The van der Waals surface area contributed by atoms with E-state index in [1.165, 1.54) is 35.3 Å². The molecule has 0 aliphatic rings. The lowest BCUT2D eigenvalue weighted by atomic mass is 10.2. The second-order valence-corrected chi connectivity index (χ2v) is 7.09. The molecular formula is C21H22F2N2O4S. The van der Waals surface area contributed by atoms with Gasteiger partial charge < -0.3 is 19.7 Å². The number of alkyl halides is 2. The van der Waals surface area contributed by atoms with Gasteiger partial charge >= 0.3 is 6.61 Å². The summed E-state index contributed by atoms with van der Waals surface area (Å²) in [6.07, 6.45) is 2.82. The topological polar surface area (TPSA) is 67.9 Å². The van der Waals surface area contributed by atoms with Gasteiger partial charge in [-0.05, 0) is 54.6 Å². The van der Waals surface area contributed by atoms with Gasteiger partial charge in [-0.3, -0.25) is 9.59 Å². The van der Waals surface area contributed by atoms with E-state index in [1.54, 1.807) is 45.3 Å². The molecule has 0 heterocycles. The summed E-state index contributed by atoms with van der Waals surface area (Å²) in [5.74, 6) is -0.333. The van der Waals surface area contributed by atoms with E-state index in [4.69, 9.17) is 4.74 Å². The van der Waals surface area contributed by atoms with Crippen molar-refractivity contribution in [1.82, 2.24) is 4.90 Å². The van der Waals surface area contributed by atoms with E-state index in [2.05, 4.69) is 10.1 Å². The van der Waals surface area contributed by atoms with Crippen molar-refractivity contribution in [3.63, 3.8) is 0 Å². The summed E-state index contributed by atoms with van der Waals surface area (Å²) in [6.45, 7) is -0.972. The van der Waals surface area contributed by atoms with E-state index in [-0.39, 0.29) is 23.3 Å². The molecule has 0 fully saturated rings. The fourth-order valence-electron chi connectivity index (χ4n) is 2.28. The van der Waals surface area contributed by atoms with E-state index < -0.39 is 12.5 Å². The standard InChI is InChI=1S/C21H22F2N2O4S/c1-4-28-17-13-14(9-11-16(17)29-20(22)23)10-12-19(26)24-15-7-5-6-8-18(15)30-21(27)25(2)3/h5-13,20H,4H2,1-3H3,(H,24,26)/b12-10+. The molecule has 0 atom stereocenters. The summed E-state index contributed by atoms with van der Waals surface area (Å²) in [5, 5.41) is 2.56. The molecule has 2 rings (SSSR count). The third-order valence-corrected chi connectivity index (χ3v) is 4.73. The highest BCUT2D eigenvalue weighted by Gasteiger charge is 2.13. The number of para-hydroxylation sites is 1. The highest BCUT2D eigenvalue weighted by Crippen LogP contribution is 2.31. The van der Waals surface area contributed by atoms with E-state index >= 15 is 0 Å². The number of halogens is 2. The molecule has 9 heteroatoms. The van der Waals surface area contributed by atoms with Crippen molar-refractivity contribution in [1.29, 1.82) is 0 Å². The lowest BCUT2D eigenvalue weighted by molar-refractivity contribution is -0.111. The van der Waals surface area contributed by atoms with E-state index in [9.17, 15) is 18.4 Å². The van der Waals surface area contributed by atoms with Crippen LogP contribution in [0.15, 0.2) is 53.4 Å². The van der Waals surface area contributed by atoms with Crippen molar-refractivity contribution in [2.75, 3.05) is 26.0 Å². The fraction of sp³-hybridized carbons (Fsp3) is 0.238. The van der Waals surface area contributed by atoms with Crippen molar-refractivity contribution in [3.05, 3.63) is 54.1 Å². The van der Waals surface area contributed by atoms with Gasteiger partial charge in [-0.1, -0.05) is 18.2 Å². The Balaban J connectivity index is 2.11. The van der Waals surface area contributed by atoms with Crippen LogP contribution in [0.1, 0.15) is 12.5 Å². The van der Waals surface area contributed by atoms with Crippen LogP contribution in [0.25, 0.3) is 6.08 Å². The van der Waals surface area contributed by atoms with Crippen LogP contribution in [0.4, 0.5) is 19.3 Å². The number of hydrogen-bond acceptors (Lipinski definition) is 5. The summed E-state index contributed by atoms with van der Waals surface area (Å²) < 4.78 is 34.7. The lowest BCUT2D eigenvalue weighted by Crippen LogP contribution is -2.16. The smallest absolute Gasteiger partial charge is 0.387 e. The molecule has 2 aromatic carbocycles. The molecule has 0 saturated heterocycles. The van der Waals surface area contributed by atoms with Crippen LogP contribution in [0.2, 0.25) is 0 Å². The Bertz CT molecular complexity index is 920. The third-order valence-electron chi connectivity index (χ3n) is 3.62. The Labute approximate surface area is 177 Å². The van der Waals surface area contributed by atoms with Crippen LogP contribution in [-0.2, 0) is 4.79 Å². The van der Waals surface area contributed by atoms with Crippen LogP contribution in [0, 0.1) is 0 Å². The first-order valence-corrected chi connectivity index (χ1v) is 9.80. The van der Waals surface area contributed by atoms with Gasteiger partial charge in [0.1, 0.15) is 0 Å². The first kappa shape index (κ1) is 23.2. The summed E-state index contributed by atoms with van der Waals surface area (Å²) in [5.41, 5.74) is 1.07. The maximum Gasteiger partial charge on any atom is 0.387 e. The largest absolute Gasteiger partial charge is 0.490 e. The normalized spacial score (nSPS) is 10.9. The van der Waals surface area contributed by atoms with Crippen molar-refractivity contribution < 1.29 is 27.8 Å².